The molecule has 0 radical (unpaired) electrons. The largest absolute Gasteiger partial charge is 0.314 e. The van der Waals surface area contributed by atoms with Gasteiger partial charge in [-0.3, -0.25) is 4.40 Å². The molecule has 2 heterocycles. The van der Waals surface area contributed by atoms with E-state index in [1.807, 2.05) is 0 Å². The van der Waals surface area contributed by atoms with E-state index in [4.69, 9.17) is 4.98 Å². The fourth-order valence-corrected chi connectivity index (χ4v) is 3.73. The lowest BCUT2D eigenvalue weighted by Gasteiger charge is -2.10. The lowest BCUT2D eigenvalue weighted by molar-refractivity contribution is 0.540. The fourth-order valence-electron chi connectivity index (χ4n) is 2.82. The van der Waals surface area contributed by atoms with Gasteiger partial charge in [0.2, 0.25) is 0 Å². The zero-order chi connectivity index (χ0) is 16.2. The van der Waals surface area contributed by atoms with Gasteiger partial charge in [-0.1, -0.05) is 38.1 Å². The molecule has 23 heavy (non-hydrogen) atoms. The summed E-state index contributed by atoms with van der Waals surface area (Å²) in [5, 5.41) is 5.73. The van der Waals surface area contributed by atoms with Crippen LogP contribution >= 0.6 is 11.3 Å². The van der Waals surface area contributed by atoms with E-state index in [2.05, 4.69) is 66.3 Å². The predicted molar refractivity (Wildman–Crippen MR) is 99.3 cm³/mol. The Hall–Kier alpha value is -1.65. The van der Waals surface area contributed by atoms with Gasteiger partial charge >= 0.3 is 0 Å². The van der Waals surface area contributed by atoms with E-state index in [1.54, 1.807) is 11.3 Å². The summed E-state index contributed by atoms with van der Waals surface area (Å²) in [6.07, 6.45) is 5.42. The number of hydrogen-bond acceptors (Lipinski definition) is 3. The molecule has 0 saturated carbocycles. The second kappa shape index (κ2) is 7.28. The van der Waals surface area contributed by atoms with Gasteiger partial charge in [0.05, 0.1) is 11.4 Å². The molecule has 1 N–H and O–H groups in total. The first kappa shape index (κ1) is 16.2. The summed E-state index contributed by atoms with van der Waals surface area (Å²) in [5.74, 6) is 0. The maximum atomic E-state index is 4.78. The van der Waals surface area contributed by atoms with Gasteiger partial charge in [0.25, 0.3) is 0 Å². The minimum absolute atomic E-state index is 0.465. The van der Waals surface area contributed by atoms with Crippen LogP contribution < -0.4 is 5.32 Å². The average Bonchev–Trinajstić information content (AvgIpc) is 3.13. The summed E-state index contributed by atoms with van der Waals surface area (Å²) >= 11 is 1.72. The molecule has 3 aromatic rings. The Kier molecular flexibility index (Phi) is 5.13. The van der Waals surface area contributed by atoms with Crippen molar-refractivity contribution in [1.82, 2.24) is 14.7 Å². The minimum Gasteiger partial charge on any atom is -0.314 e. The number of nitrogens with one attached hydrogen (secondary N) is 1. The third kappa shape index (κ3) is 3.65. The van der Waals surface area contributed by atoms with Crippen LogP contribution in [0.1, 0.15) is 38.4 Å². The molecule has 2 aromatic heterocycles. The molecule has 1 atom stereocenters. The van der Waals surface area contributed by atoms with Crippen molar-refractivity contribution in [2.45, 2.75) is 46.1 Å². The zero-order valence-corrected chi connectivity index (χ0v) is 15.0. The van der Waals surface area contributed by atoms with Crippen LogP contribution in [0.15, 0.2) is 35.8 Å². The number of aryl methyl sites for hydroxylation is 1. The molecule has 122 valence electrons. The standard InChI is InChI=1S/C19H25N3S/c1-4-10-20-14(3)11-17-12-22-18(13-23-19(22)21-17)16-8-6-15(5-2)7-9-16/h6-9,12-14,20H,4-5,10-11H2,1-3H3. The number of aromatic nitrogens is 2. The Balaban J connectivity index is 1.82. The van der Waals surface area contributed by atoms with Crippen LogP contribution in [-0.4, -0.2) is 22.0 Å². The second-order valence-electron chi connectivity index (χ2n) is 6.12. The van der Waals surface area contributed by atoms with Gasteiger partial charge < -0.3 is 5.32 Å². The summed E-state index contributed by atoms with van der Waals surface area (Å²) in [5.41, 5.74) is 5.04. The number of rotatable bonds is 7. The van der Waals surface area contributed by atoms with E-state index in [9.17, 15) is 0 Å². The SMILES string of the molecule is CCCNC(C)Cc1cn2c(-c3ccc(CC)cc3)csc2n1. The lowest BCUT2D eigenvalue weighted by atomic mass is 10.1. The van der Waals surface area contributed by atoms with Crippen LogP contribution in [0.25, 0.3) is 16.2 Å². The van der Waals surface area contributed by atoms with Gasteiger partial charge in [0, 0.05) is 24.0 Å². The molecule has 3 nitrogen and oxygen atoms in total. The monoisotopic (exact) mass is 327 g/mol. The van der Waals surface area contributed by atoms with Crippen LogP contribution in [0.3, 0.4) is 0 Å². The van der Waals surface area contributed by atoms with E-state index < -0.39 is 0 Å². The molecule has 1 aromatic carbocycles. The lowest BCUT2D eigenvalue weighted by Crippen LogP contribution is -2.28. The molecular formula is C19H25N3S. The van der Waals surface area contributed by atoms with E-state index in [-0.39, 0.29) is 0 Å². The predicted octanol–water partition coefficient (Wildman–Crippen LogP) is 4.56. The smallest absolute Gasteiger partial charge is 0.194 e. The van der Waals surface area contributed by atoms with E-state index >= 15 is 0 Å². The molecule has 0 spiro atoms. The maximum absolute atomic E-state index is 4.78. The second-order valence-corrected chi connectivity index (χ2v) is 6.95. The van der Waals surface area contributed by atoms with Gasteiger partial charge in [0.15, 0.2) is 4.96 Å². The van der Waals surface area contributed by atoms with Crippen LogP contribution in [0.4, 0.5) is 0 Å². The molecule has 0 fully saturated rings. The van der Waals surface area contributed by atoms with Crippen LogP contribution in [-0.2, 0) is 12.8 Å². The third-order valence-corrected chi connectivity index (χ3v) is 5.01. The van der Waals surface area contributed by atoms with E-state index in [1.165, 1.54) is 28.9 Å². The molecule has 0 aliphatic rings. The van der Waals surface area contributed by atoms with Gasteiger partial charge in [0.1, 0.15) is 0 Å². The first-order valence-corrected chi connectivity index (χ1v) is 9.37. The summed E-state index contributed by atoms with van der Waals surface area (Å²) in [6.45, 7) is 7.68. The number of hydrogen-bond donors (Lipinski definition) is 1. The molecule has 1 unspecified atom stereocenters. The minimum atomic E-state index is 0.465. The first-order chi connectivity index (χ1) is 11.2. The number of thiazole rings is 1. The Morgan fingerprint density at radius 3 is 2.70 bits per heavy atom. The molecule has 0 aliphatic heterocycles. The zero-order valence-electron chi connectivity index (χ0n) is 14.2. The van der Waals surface area contributed by atoms with E-state index in [0.717, 1.165) is 24.3 Å². The highest BCUT2D eigenvalue weighted by Crippen LogP contribution is 2.27. The van der Waals surface area contributed by atoms with Crippen molar-refractivity contribution in [2.75, 3.05) is 6.54 Å². The Bertz CT molecular complexity index is 755. The van der Waals surface area contributed by atoms with Crippen molar-refractivity contribution in [1.29, 1.82) is 0 Å². The summed E-state index contributed by atoms with van der Waals surface area (Å²) in [6, 6.07) is 9.32. The van der Waals surface area contributed by atoms with Crippen molar-refractivity contribution < 1.29 is 0 Å². The van der Waals surface area contributed by atoms with Crippen molar-refractivity contribution >= 4 is 16.3 Å². The summed E-state index contributed by atoms with van der Waals surface area (Å²) in [4.78, 5) is 5.86. The molecule has 3 rings (SSSR count). The molecule has 0 saturated heterocycles. The molecule has 0 amide bonds. The quantitative estimate of drug-likeness (QED) is 0.689. The normalized spacial score (nSPS) is 12.8. The Labute approximate surface area is 142 Å². The Morgan fingerprint density at radius 1 is 1.22 bits per heavy atom. The van der Waals surface area contributed by atoms with Crippen molar-refractivity contribution in [3.05, 3.63) is 47.1 Å². The highest BCUT2D eigenvalue weighted by molar-refractivity contribution is 7.15. The average molecular weight is 327 g/mol. The first-order valence-electron chi connectivity index (χ1n) is 8.49. The van der Waals surface area contributed by atoms with Crippen LogP contribution in [0, 0.1) is 0 Å². The van der Waals surface area contributed by atoms with Crippen LogP contribution in [0.5, 0.6) is 0 Å². The molecule has 4 heteroatoms. The van der Waals surface area contributed by atoms with Crippen LogP contribution in [0.2, 0.25) is 0 Å². The highest BCUT2D eigenvalue weighted by atomic mass is 32.1. The Morgan fingerprint density at radius 2 is 2.00 bits per heavy atom. The molecular weight excluding hydrogens is 302 g/mol. The van der Waals surface area contributed by atoms with Crippen molar-refractivity contribution in [2.24, 2.45) is 0 Å². The van der Waals surface area contributed by atoms with Gasteiger partial charge in [-0.05, 0) is 37.4 Å². The summed E-state index contributed by atoms with van der Waals surface area (Å²) in [7, 11) is 0. The maximum Gasteiger partial charge on any atom is 0.194 e. The number of nitrogens with zero attached hydrogens (tertiary/aromatic N) is 2. The topological polar surface area (TPSA) is 29.3 Å². The van der Waals surface area contributed by atoms with E-state index in [0.29, 0.717) is 6.04 Å². The highest BCUT2D eigenvalue weighted by Gasteiger charge is 2.11. The van der Waals surface area contributed by atoms with Gasteiger partial charge in [-0.25, -0.2) is 4.98 Å². The van der Waals surface area contributed by atoms with Gasteiger partial charge in [-0.15, -0.1) is 11.3 Å². The van der Waals surface area contributed by atoms with Gasteiger partial charge in [-0.2, -0.15) is 0 Å². The molecule has 0 aliphatic carbocycles. The van der Waals surface area contributed by atoms with Crippen molar-refractivity contribution in [3.8, 4) is 11.3 Å². The number of fused-ring (bicyclic) bond motifs is 1. The number of benzene rings is 1. The molecule has 0 bridgehead atoms. The summed E-state index contributed by atoms with van der Waals surface area (Å²) < 4.78 is 2.23. The number of imidazole rings is 1. The fraction of sp³-hybridized carbons (Fsp3) is 0.421. The van der Waals surface area contributed by atoms with Crippen molar-refractivity contribution in [3.63, 3.8) is 0 Å². The third-order valence-electron chi connectivity index (χ3n) is 4.18.